The first-order chi connectivity index (χ1) is 12.7. The molecule has 0 aliphatic heterocycles. The third kappa shape index (κ3) is 5.09. The van der Waals surface area contributed by atoms with Gasteiger partial charge in [-0.2, -0.15) is 0 Å². The minimum absolute atomic E-state index is 0.0625. The number of halogens is 1. The van der Waals surface area contributed by atoms with Crippen molar-refractivity contribution < 1.29 is 4.79 Å². The molecule has 0 heterocycles. The SMILES string of the molecule is O=C(NCCC1=CCCCC1)/C(=C/c1ccccc1Cl)c1ccccc1. The summed E-state index contributed by atoms with van der Waals surface area (Å²) in [6, 6.07) is 17.3. The molecule has 0 saturated heterocycles. The van der Waals surface area contributed by atoms with Gasteiger partial charge < -0.3 is 5.32 Å². The first kappa shape index (κ1) is 18.5. The molecule has 0 unspecified atom stereocenters. The van der Waals surface area contributed by atoms with E-state index >= 15 is 0 Å². The van der Waals surface area contributed by atoms with Crippen molar-refractivity contribution in [2.24, 2.45) is 0 Å². The van der Waals surface area contributed by atoms with Crippen molar-refractivity contribution in [3.8, 4) is 0 Å². The lowest BCUT2D eigenvalue weighted by atomic mass is 9.97. The summed E-state index contributed by atoms with van der Waals surface area (Å²) in [6.45, 7) is 0.664. The Labute approximate surface area is 160 Å². The van der Waals surface area contributed by atoms with Gasteiger partial charge in [-0.25, -0.2) is 0 Å². The largest absolute Gasteiger partial charge is 0.352 e. The predicted octanol–water partition coefficient (Wildman–Crippen LogP) is 5.89. The third-order valence-electron chi connectivity index (χ3n) is 4.65. The van der Waals surface area contributed by atoms with Gasteiger partial charge in [0, 0.05) is 17.1 Å². The van der Waals surface area contributed by atoms with Crippen molar-refractivity contribution in [3.05, 3.63) is 82.4 Å². The Bertz CT molecular complexity index is 808. The number of nitrogens with one attached hydrogen (secondary N) is 1. The summed E-state index contributed by atoms with van der Waals surface area (Å²) in [5, 5.41) is 3.72. The van der Waals surface area contributed by atoms with Crippen LogP contribution in [0.1, 0.15) is 43.2 Å². The lowest BCUT2D eigenvalue weighted by molar-refractivity contribution is -0.115. The van der Waals surface area contributed by atoms with Crippen LogP contribution in [0.3, 0.4) is 0 Å². The van der Waals surface area contributed by atoms with Crippen LogP contribution in [0.2, 0.25) is 5.02 Å². The molecular weight excluding hydrogens is 342 g/mol. The average Bonchev–Trinajstić information content (AvgIpc) is 2.69. The molecule has 1 aliphatic rings. The highest BCUT2D eigenvalue weighted by molar-refractivity contribution is 6.33. The molecule has 134 valence electrons. The van der Waals surface area contributed by atoms with Crippen LogP contribution in [0.15, 0.2) is 66.2 Å². The summed E-state index contributed by atoms with van der Waals surface area (Å²) in [5.41, 5.74) is 3.84. The Morgan fingerprint density at radius 2 is 1.81 bits per heavy atom. The molecule has 2 nitrogen and oxygen atoms in total. The lowest BCUT2D eigenvalue weighted by Crippen LogP contribution is -2.25. The highest BCUT2D eigenvalue weighted by Crippen LogP contribution is 2.24. The Balaban J connectivity index is 1.76. The molecule has 26 heavy (non-hydrogen) atoms. The van der Waals surface area contributed by atoms with Crippen LogP contribution in [-0.4, -0.2) is 12.5 Å². The number of carbonyl (C=O) groups excluding carboxylic acids is 1. The summed E-state index contributed by atoms with van der Waals surface area (Å²) >= 11 is 6.28. The van der Waals surface area contributed by atoms with Gasteiger partial charge in [0.1, 0.15) is 0 Å². The highest BCUT2D eigenvalue weighted by Gasteiger charge is 2.13. The van der Waals surface area contributed by atoms with E-state index in [1.165, 1.54) is 24.8 Å². The van der Waals surface area contributed by atoms with Gasteiger partial charge in [0.15, 0.2) is 0 Å². The fraction of sp³-hybridized carbons (Fsp3) is 0.261. The second kappa shape index (κ2) is 9.40. The number of rotatable bonds is 6. The smallest absolute Gasteiger partial charge is 0.251 e. The first-order valence-corrected chi connectivity index (χ1v) is 9.59. The van der Waals surface area contributed by atoms with E-state index in [1.807, 2.05) is 60.7 Å². The molecular formula is C23H24ClNO. The lowest BCUT2D eigenvalue weighted by Gasteiger charge is -2.14. The van der Waals surface area contributed by atoms with Gasteiger partial charge in [-0.3, -0.25) is 4.79 Å². The quantitative estimate of drug-likeness (QED) is 0.386. The van der Waals surface area contributed by atoms with E-state index in [9.17, 15) is 4.79 Å². The molecule has 2 aromatic rings. The van der Waals surface area contributed by atoms with E-state index in [0.717, 1.165) is 24.0 Å². The number of carbonyl (C=O) groups is 1. The van der Waals surface area contributed by atoms with Gasteiger partial charge >= 0.3 is 0 Å². The van der Waals surface area contributed by atoms with Crippen molar-refractivity contribution in [2.45, 2.75) is 32.1 Å². The molecule has 1 N–H and O–H groups in total. The fourth-order valence-corrected chi connectivity index (χ4v) is 3.40. The van der Waals surface area contributed by atoms with Crippen LogP contribution in [0.25, 0.3) is 11.6 Å². The van der Waals surface area contributed by atoms with Crippen LogP contribution >= 0.6 is 11.6 Å². The molecule has 1 aliphatic carbocycles. The summed E-state index contributed by atoms with van der Waals surface area (Å²) in [6.07, 6.45) is 10.0. The number of amides is 1. The molecule has 3 heteroatoms. The number of hydrogen-bond acceptors (Lipinski definition) is 1. The van der Waals surface area contributed by atoms with Crippen molar-refractivity contribution in [3.63, 3.8) is 0 Å². The summed E-state index contributed by atoms with van der Waals surface area (Å²) < 4.78 is 0. The normalized spacial score (nSPS) is 14.7. The Kier molecular flexibility index (Phi) is 6.68. The average molecular weight is 366 g/mol. The van der Waals surface area contributed by atoms with Crippen LogP contribution < -0.4 is 5.32 Å². The predicted molar refractivity (Wildman–Crippen MR) is 110 cm³/mol. The molecule has 0 radical (unpaired) electrons. The molecule has 0 spiro atoms. The van der Waals surface area contributed by atoms with Crippen molar-refractivity contribution in [1.29, 1.82) is 0 Å². The number of hydrogen-bond donors (Lipinski definition) is 1. The number of allylic oxidation sites excluding steroid dienone is 1. The standard InChI is InChI=1S/C23H24ClNO/c24-22-14-8-7-13-20(22)17-21(19-11-5-2-6-12-19)23(26)25-16-15-18-9-3-1-4-10-18/h2,5-9,11-14,17H,1,3-4,10,15-16H2,(H,25,26)/b21-17+. The maximum absolute atomic E-state index is 12.9. The van der Waals surface area contributed by atoms with Crippen molar-refractivity contribution in [2.75, 3.05) is 6.54 Å². The third-order valence-corrected chi connectivity index (χ3v) is 5.00. The van der Waals surface area contributed by atoms with Gasteiger partial charge in [0.25, 0.3) is 5.91 Å². The monoisotopic (exact) mass is 365 g/mol. The Morgan fingerprint density at radius 3 is 2.54 bits per heavy atom. The van der Waals surface area contributed by atoms with E-state index in [-0.39, 0.29) is 5.91 Å². The molecule has 0 fully saturated rings. The molecule has 0 saturated carbocycles. The first-order valence-electron chi connectivity index (χ1n) is 9.22. The summed E-state index contributed by atoms with van der Waals surface area (Å²) in [4.78, 5) is 12.9. The fourth-order valence-electron chi connectivity index (χ4n) is 3.21. The zero-order valence-corrected chi connectivity index (χ0v) is 15.6. The van der Waals surface area contributed by atoms with Gasteiger partial charge in [-0.1, -0.05) is 71.8 Å². The molecule has 2 aromatic carbocycles. The van der Waals surface area contributed by atoms with Crippen molar-refractivity contribution in [1.82, 2.24) is 5.32 Å². The van der Waals surface area contributed by atoms with Gasteiger partial charge in [-0.05, 0) is 55.4 Å². The van der Waals surface area contributed by atoms with E-state index in [2.05, 4.69) is 11.4 Å². The number of benzene rings is 2. The topological polar surface area (TPSA) is 29.1 Å². The molecule has 0 bridgehead atoms. The van der Waals surface area contributed by atoms with E-state index < -0.39 is 0 Å². The molecule has 1 amide bonds. The maximum atomic E-state index is 12.9. The van der Waals surface area contributed by atoms with Crippen LogP contribution in [0.4, 0.5) is 0 Å². The summed E-state index contributed by atoms with van der Waals surface area (Å²) in [5.74, 6) is -0.0625. The van der Waals surface area contributed by atoms with Crippen LogP contribution in [-0.2, 0) is 4.79 Å². The molecule has 0 aromatic heterocycles. The zero-order chi connectivity index (χ0) is 18.2. The zero-order valence-electron chi connectivity index (χ0n) is 14.9. The Hall–Kier alpha value is -2.32. The van der Waals surface area contributed by atoms with Crippen molar-refractivity contribution >= 4 is 29.2 Å². The van der Waals surface area contributed by atoms with E-state index in [0.29, 0.717) is 17.1 Å². The second-order valence-electron chi connectivity index (χ2n) is 6.56. The van der Waals surface area contributed by atoms with E-state index in [4.69, 9.17) is 11.6 Å². The minimum Gasteiger partial charge on any atom is -0.352 e. The molecule has 0 atom stereocenters. The second-order valence-corrected chi connectivity index (χ2v) is 6.97. The van der Waals surface area contributed by atoms with Gasteiger partial charge in [0.05, 0.1) is 0 Å². The summed E-state index contributed by atoms with van der Waals surface area (Å²) in [7, 11) is 0. The van der Waals surface area contributed by atoms with Gasteiger partial charge in [-0.15, -0.1) is 0 Å². The maximum Gasteiger partial charge on any atom is 0.251 e. The minimum atomic E-state index is -0.0625. The van der Waals surface area contributed by atoms with E-state index in [1.54, 1.807) is 0 Å². The Morgan fingerprint density at radius 1 is 1.04 bits per heavy atom. The van der Waals surface area contributed by atoms with Crippen LogP contribution in [0.5, 0.6) is 0 Å². The molecule has 3 rings (SSSR count). The highest BCUT2D eigenvalue weighted by atomic mass is 35.5. The van der Waals surface area contributed by atoms with Crippen LogP contribution in [0, 0.1) is 0 Å². The van der Waals surface area contributed by atoms with Gasteiger partial charge in [0.2, 0.25) is 0 Å².